The van der Waals surface area contributed by atoms with Gasteiger partial charge in [0.25, 0.3) is 0 Å². The topological polar surface area (TPSA) is 37.3 Å². The second kappa shape index (κ2) is 8.44. The summed E-state index contributed by atoms with van der Waals surface area (Å²) in [6, 6.07) is 0. The van der Waals surface area contributed by atoms with Gasteiger partial charge in [0, 0.05) is 6.42 Å². The maximum Gasteiger partial charge on any atom is 0.159 e. The van der Waals surface area contributed by atoms with E-state index < -0.39 is 6.10 Å². The maximum absolute atomic E-state index is 12.3. The van der Waals surface area contributed by atoms with Gasteiger partial charge in [-0.1, -0.05) is 34.9 Å². The molecule has 3 aliphatic carbocycles. The van der Waals surface area contributed by atoms with E-state index in [0.717, 1.165) is 37.7 Å². The van der Waals surface area contributed by atoms with Gasteiger partial charge in [-0.05, 0) is 76.9 Å². The quantitative estimate of drug-likeness (QED) is 0.635. The molecule has 0 aromatic rings. The van der Waals surface area contributed by atoms with Crippen LogP contribution in [0.1, 0.15) is 65.7 Å². The number of fused-ring (bicyclic) bond motifs is 10. The van der Waals surface area contributed by atoms with Gasteiger partial charge in [0.15, 0.2) is 5.78 Å². The van der Waals surface area contributed by atoms with Crippen molar-refractivity contribution in [1.29, 1.82) is 0 Å². The average Bonchev–Trinajstić information content (AvgIpc) is 2.48. The molecule has 0 saturated heterocycles. The summed E-state index contributed by atoms with van der Waals surface area (Å²) >= 11 is 0. The van der Waals surface area contributed by atoms with Crippen LogP contribution in [0, 0.1) is 5.92 Å². The normalized spacial score (nSPS) is 34.7. The third-order valence-electron chi connectivity index (χ3n) is 4.98. The van der Waals surface area contributed by atoms with Crippen molar-refractivity contribution >= 4 is 5.78 Å². The van der Waals surface area contributed by atoms with Gasteiger partial charge in [-0.15, -0.1) is 0 Å². The van der Waals surface area contributed by atoms with Crippen LogP contribution in [0.4, 0.5) is 0 Å². The standard InChI is InChI=1S/C21H30O2/c1-15-6-4-8-16(2)10-11-18-13-21(23)19(14-20(18)22)12-17(3)9-5-7-15/h6,9-10,13,19,21,23H,4-5,7-8,11-12,14H2,1-3H3/b15-6+,16-10+,17-9-/t19-,21+/m0/s1. The Morgan fingerprint density at radius 1 is 0.913 bits per heavy atom. The van der Waals surface area contributed by atoms with E-state index in [0.29, 0.717) is 12.8 Å². The number of ketones is 1. The lowest BCUT2D eigenvalue weighted by Gasteiger charge is -2.26. The molecule has 23 heavy (non-hydrogen) atoms. The predicted molar refractivity (Wildman–Crippen MR) is 96.2 cm³/mol. The molecule has 0 amide bonds. The van der Waals surface area contributed by atoms with Gasteiger partial charge in [-0.2, -0.15) is 0 Å². The minimum Gasteiger partial charge on any atom is -0.389 e. The molecule has 3 rings (SSSR count). The number of carbonyl (C=O) groups is 1. The van der Waals surface area contributed by atoms with Gasteiger partial charge < -0.3 is 5.11 Å². The summed E-state index contributed by atoms with van der Waals surface area (Å²) in [4.78, 5) is 12.3. The van der Waals surface area contributed by atoms with E-state index in [1.54, 1.807) is 6.08 Å². The third kappa shape index (κ3) is 5.62. The Kier molecular flexibility index (Phi) is 6.59. The Morgan fingerprint density at radius 2 is 1.52 bits per heavy atom. The molecule has 2 atom stereocenters. The molecule has 2 bridgehead atoms. The molecule has 0 aromatic carbocycles. The Bertz CT molecular complexity index is 560. The molecule has 0 fully saturated rings. The van der Waals surface area contributed by atoms with Crippen molar-refractivity contribution in [2.75, 3.05) is 0 Å². The number of rotatable bonds is 0. The summed E-state index contributed by atoms with van der Waals surface area (Å²) in [6.07, 6.45) is 14.3. The average molecular weight is 314 g/mol. The largest absolute Gasteiger partial charge is 0.389 e. The van der Waals surface area contributed by atoms with Gasteiger partial charge in [-0.25, -0.2) is 0 Å². The SMILES string of the molecule is C/C1=C/CC/C(C)=C/CC/C(C)=C/CC2=C[C@@H](O)[C@H](CC2=O)C1. The third-order valence-corrected chi connectivity index (χ3v) is 4.98. The van der Waals surface area contributed by atoms with Crippen molar-refractivity contribution in [2.24, 2.45) is 5.92 Å². The van der Waals surface area contributed by atoms with Gasteiger partial charge in [-0.3, -0.25) is 4.79 Å². The molecule has 126 valence electrons. The first kappa shape index (κ1) is 17.9. The molecule has 0 saturated carbocycles. The van der Waals surface area contributed by atoms with E-state index in [1.165, 1.54) is 16.7 Å². The van der Waals surface area contributed by atoms with Crippen LogP contribution in [0.5, 0.6) is 0 Å². The molecular weight excluding hydrogens is 284 g/mol. The lowest BCUT2D eigenvalue weighted by Crippen LogP contribution is -2.28. The summed E-state index contributed by atoms with van der Waals surface area (Å²) in [5, 5.41) is 10.4. The van der Waals surface area contributed by atoms with E-state index in [-0.39, 0.29) is 11.7 Å². The predicted octanol–water partition coefficient (Wildman–Crippen LogP) is 5.06. The molecule has 0 unspecified atom stereocenters. The van der Waals surface area contributed by atoms with Gasteiger partial charge in [0.1, 0.15) is 0 Å². The molecule has 0 aliphatic heterocycles. The summed E-state index contributed by atoms with van der Waals surface area (Å²) < 4.78 is 0. The highest BCUT2D eigenvalue weighted by Gasteiger charge is 2.28. The monoisotopic (exact) mass is 314 g/mol. The fraction of sp³-hybridized carbons (Fsp3) is 0.571. The number of hydrogen-bond donors (Lipinski definition) is 1. The van der Waals surface area contributed by atoms with Crippen LogP contribution < -0.4 is 0 Å². The Balaban J connectivity index is 2.20. The molecular formula is C21H30O2. The first-order chi connectivity index (χ1) is 11.0. The Hall–Kier alpha value is -1.41. The highest BCUT2D eigenvalue weighted by Crippen LogP contribution is 2.29. The lowest BCUT2D eigenvalue weighted by atomic mass is 9.81. The smallest absolute Gasteiger partial charge is 0.159 e. The van der Waals surface area contributed by atoms with Crippen molar-refractivity contribution in [3.63, 3.8) is 0 Å². The molecule has 1 N–H and O–H groups in total. The zero-order chi connectivity index (χ0) is 16.8. The van der Waals surface area contributed by atoms with Crippen molar-refractivity contribution in [3.05, 3.63) is 46.6 Å². The zero-order valence-corrected chi connectivity index (χ0v) is 14.8. The number of allylic oxidation sites excluding steroid dienone is 7. The first-order valence-corrected chi connectivity index (χ1v) is 8.84. The van der Waals surface area contributed by atoms with E-state index >= 15 is 0 Å². The highest BCUT2D eigenvalue weighted by atomic mass is 16.3. The lowest BCUT2D eigenvalue weighted by molar-refractivity contribution is -0.118. The van der Waals surface area contributed by atoms with Crippen LogP contribution in [-0.2, 0) is 4.79 Å². The number of carbonyl (C=O) groups excluding carboxylic acids is 1. The summed E-state index contributed by atoms with van der Waals surface area (Å²) in [5.74, 6) is 0.247. The van der Waals surface area contributed by atoms with Gasteiger partial charge in [0.2, 0.25) is 0 Å². The molecule has 3 aliphatic rings. The van der Waals surface area contributed by atoms with Gasteiger partial charge in [0.05, 0.1) is 6.10 Å². The second-order valence-electron chi connectivity index (χ2n) is 7.21. The van der Waals surface area contributed by atoms with E-state index in [9.17, 15) is 9.90 Å². The van der Waals surface area contributed by atoms with Crippen LogP contribution in [0.25, 0.3) is 0 Å². The summed E-state index contributed by atoms with van der Waals surface area (Å²) in [6.45, 7) is 6.46. The minimum atomic E-state index is -0.491. The number of hydrogen-bond acceptors (Lipinski definition) is 2. The molecule has 0 heterocycles. The van der Waals surface area contributed by atoms with Crippen molar-refractivity contribution in [3.8, 4) is 0 Å². The Morgan fingerprint density at radius 3 is 2.22 bits per heavy atom. The van der Waals surface area contributed by atoms with E-state index in [2.05, 4.69) is 39.0 Å². The number of Topliss-reactive ketones (excluding diaryl/α,β-unsaturated/α-hetero) is 1. The van der Waals surface area contributed by atoms with Crippen LogP contribution in [0.2, 0.25) is 0 Å². The maximum atomic E-state index is 12.3. The van der Waals surface area contributed by atoms with Crippen molar-refractivity contribution in [1.82, 2.24) is 0 Å². The zero-order valence-electron chi connectivity index (χ0n) is 14.8. The van der Waals surface area contributed by atoms with E-state index in [4.69, 9.17) is 0 Å². The molecule has 2 heteroatoms. The number of aliphatic hydroxyl groups excluding tert-OH is 1. The fourth-order valence-electron chi connectivity index (χ4n) is 3.38. The molecule has 0 spiro atoms. The highest BCUT2D eigenvalue weighted by molar-refractivity contribution is 5.96. The summed E-state index contributed by atoms with van der Waals surface area (Å²) in [5.41, 5.74) is 4.85. The van der Waals surface area contributed by atoms with Crippen LogP contribution >= 0.6 is 0 Å². The second-order valence-corrected chi connectivity index (χ2v) is 7.21. The molecule has 2 nitrogen and oxygen atoms in total. The van der Waals surface area contributed by atoms with Gasteiger partial charge >= 0.3 is 0 Å². The minimum absolute atomic E-state index is 0.0390. The molecule has 0 aromatic heterocycles. The fourth-order valence-corrected chi connectivity index (χ4v) is 3.38. The van der Waals surface area contributed by atoms with Crippen LogP contribution in [-0.4, -0.2) is 17.0 Å². The van der Waals surface area contributed by atoms with Crippen LogP contribution in [0.15, 0.2) is 46.6 Å². The number of aliphatic hydroxyl groups is 1. The summed E-state index contributed by atoms with van der Waals surface area (Å²) in [7, 11) is 0. The first-order valence-electron chi connectivity index (χ1n) is 8.84. The van der Waals surface area contributed by atoms with Crippen LogP contribution in [0.3, 0.4) is 0 Å². The van der Waals surface area contributed by atoms with E-state index in [1.807, 2.05) is 0 Å². The van der Waals surface area contributed by atoms with Crippen molar-refractivity contribution < 1.29 is 9.90 Å². The molecule has 0 radical (unpaired) electrons. The van der Waals surface area contributed by atoms with Crippen molar-refractivity contribution in [2.45, 2.75) is 71.8 Å². The Labute approximate surface area is 140 Å².